The Hall–Kier alpha value is -4.23. The molecule has 3 fully saturated rings. The number of amides is 5. The van der Waals surface area contributed by atoms with Crippen molar-refractivity contribution in [3.8, 4) is 0 Å². The second-order valence-corrected chi connectivity index (χ2v) is 23.0. The van der Waals surface area contributed by atoms with E-state index in [2.05, 4.69) is 21.3 Å². The number of nitrogens with zero attached hydrogens (tertiary/aromatic N) is 2. The highest BCUT2D eigenvalue weighted by Crippen LogP contribution is 2.39. The fourth-order valence-corrected chi connectivity index (χ4v) is 8.89. The van der Waals surface area contributed by atoms with Gasteiger partial charge >= 0.3 is 24.4 Å². The second kappa shape index (κ2) is 22.7. The molecule has 4 rings (SSSR count). The van der Waals surface area contributed by atoms with Gasteiger partial charge in [0.25, 0.3) is 5.91 Å². The molecule has 3 aliphatic heterocycles. The summed E-state index contributed by atoms with van der Waals surface area (Å²) in [6.07, 6.45) is -9.18. The number of likely N-dealkylation sites (tertiary alicyclic amines) is 1. The van der Waals surface area contributed by atoms with Crippen molar-refractivity contribution in [1.29, 1.82) is 0 Å². The Bertz CT molecular complexity index is 1860. The topological polar surface area (TPSA) is 312 Å². The van der Waals surface area contributed by atoms with E-state index >= 15 is 0 Å². The van der Waals surface area contributed by atoms with Gasteiger partial charge in [-0.25, -0.2) is 19.2 Å². The highest BCUT2D eigenvalue weighted by Gasteiger charge is 2.57. The van der Waals surface area contributed by atoms with Crippen LogP contribution in [-0.2, 0) is 38.0 Å². The molecule has 402 valence electrons. The van der Waals surface area contributed by atoms with E-state index in [0.29, 0.717) is 25.3 Å². The normalized spacial score (nSPS) is 31.9. The maximum absolute atomic E-state index is 14.4. The number of hydrogen-bond acceptors (Lipinski definition) is 18. The van der Waals surface area contributed by atoms with Gasteiger partial charge < -0.3 is 90.4 Å². The van der Waals surface area contributed by atoms with Crippen LogP contribution in [0.2, 0.25) is 0 Å². The number of rotatable bonds is 13. The lowest BCUT2D eigenvalue weighted by molar-refractivity contribution is -0.306. The van der Waals surface area contributed by atoms with Crippen LogP contribution >= 0.6 is 0 Å². The van der Waals surface area contributed by atoms with E-state index in [0.717, 1.165) is 4.90 Å². The molecule has 12 atom stereocenters. The first kappa shape index (κ1) is 58.3. The van der Waals surface area contributed by atoms with Crippen molar-refractivity contribution in [2.45, 2.75) is 204 Å². The number of alkyl carbamates (subject to hydrolysis) is 2. The molecule has 3 heterocycles. The summed E-state index contributed by atoms with van der Waals surface area (Å²) >= 11 is 0. The first-order chi connectivity index (χ1) is 32.0. The van der Waals surface area contributed by atoms with Crippen molar-refractivity contribution < 1.29 is 77.6 Å². The van der Waals surface area contributed by atoms with Gasteiger partial charge in [-0.2, -0.15) is 0 Å². The maximum atomic E-state index is 14.4. The Balaban J connectivity index is 1.83. The first-order valence-corrected chi connectivity index (χ1v) is 24.1. The molecule has 0 aromatic carbocycles. The molecular weight excluding hydrogens is 919 g/mol. The molecule has 70 heavy (non-hydrogen) atoms. The summed E-state index contributed by atoms with van der Waals surface area (Å²) < 4.78 is 41.5. The summed E-state index contributed by atoms with van der Waals surface area (Å²) in [5.41, 5.74) is -1.99. The number of carbonyl (C=O) groups excluding carboxylic acids is 5. The largest absolute Gasteiger partial charge is 0.491 e. The summed E-state index contributed by atoms with van der Waals surface area (Å²) in [4.78, 5) is 70.3. The number of likely N-dealkylation sites (N-methyl/N-ethyl adjacent to an activating group) is 1. The molecule has 0 bridgehead atoms. The van der Waals surface area contributed by atoms with Crippen LogP contribution in [0, 0.1) is 5.92 Å². The van der Waals surface area contributed by atoms with Crippen molar-refractivity contribution in [3.63, 3.8) is 0 Å². The lowest BCUT2D eigenvalue weighted by Crippen LogP contribution is -2.71. The minimum Gasteiger partial charge on any atom is -0.491 e. The number of aliphatic hydroxyl groups is 4. The second-order valence-electron chi connectivity index (χ2n) is 23.0. The van der Waals surface area contributed by atoms with E-state index in [1.807, 2.05) is 0 Å². The van der Waals surface area contributed by atoms with Crippen LogP contribution < -0.4 is 27.0 Å². The molecule has 5 amide bonds. The Labute approximate surface area is 412 Å². The predicted molar refractivity (Wildman–Crippen MR) is 253 cm³/mol. The highest BCUT2D eigenvalue weighted by molar-refractivity contribution is 5.87. The van der Waals surface area contributed by atoms with E-state index in [1.165, 1.54) is 18.9 Å². The lowest BCUT2D eigenvalue weighted by atomic mass is 9.72. The number of carbonyl (C=O) groups is 5. The first-order valence-electron chi connectivity index (χ1n) is 24.1. The van der Waals surface area contributed by atoms with Crippen molar-refractivity contribution in [1.82, 2.24) is 31.1 Å². The summed E-state index contributed by atoms with van der Waals surface area (Å²) in [6, 6.07) is -4.79. The van der Waals surface area contributed by atoms with Crippen LogP contribution in [0.4, 0.5) is 19.2 Å². The number of ether oxygens (including phenoxy) is 7. The van der Waals surface area contributed by atoms with Crippen LogP contribution in [0.15, 0.2) is 11.8 Å². The quantitative estimate of drug-likeness (QED) is 0.0937. The molecule has 0 radical (unpaired) electrons. The minimum atomic E-state index is -2.16. The SMILES string of the molecule is CN(C(=O)OC(C)(C)C)[C@@H]1[C@@H](O)[C@@H](O[C@@H]2[C@@H](O)[C@H](C3OC(CNCCCN)=CC[C@H]3NC(=O)OC(C)(C)C)[C@@H](NC(=O)OC(C)(C)C)C[C@H]2NC(=O)C2(O)CCN(C(=O)OC(C)(C)C)C2)OC[C@]1(C)O. The van der Waals surface area contributed by atoms with Gasteiger partial charge in [0.2, 0.25) is 0 Å². The van der Waals surface area contributed by atoms with Gasteiger partial charge in [0.15, 0.2) is 11.9 Å². The average molecular weight is 1000 g/mol. The lowest BCUT2D eigenvalue weighted by Gasteiger charge is -2.52. The van der Waals surface area contributed by atoms with Crippen LogP contribution in [0.3, 0.4) is 0 Å². The molecule has 4 aliphatic rings. The molecule has 1 saturated carbocycles. The summed E-state index contributed by atoms with van der Waals surface area (Å²) in [6.45, 7) is 21.7. The zero-order valence-corrected chi connectivity index (χ0v) is 43.6. The Morgan fingerprint density at radius 2 is 1.40 bits per heavy atom. The van der Waals surface area contributed by atoms with Gasteiger partial charge in [0.05, 0.1) is 43.9 Å². The average Bonchev–Trinajstić information content (AvgIpc) is 3.60. The molecule has 0 spiro atoms. The van der Waals surface area contributed by atoms with Crippen molar-refractivity contribution in [2.24, 2.45) is 11.7 Å². The van der Waals surface area contributed by atoms with Gasteiger partial charge in [-0.05, 0) is 128 Å². The Morgan fingerprint density at radius 3 is 1.96 bits per heavy atom. The minimum absolute atomic E-state index is 0.0342. The smallest absolute Gasteiger partial charge is 0.410 e. The third-order valence-corrected chi connectivity index (χ3v) is 11.8. The van der Waals surface area contributed by atoms with Gasteiger partial charge in [-0.15, -0.1) is 0 Å². The summed E-state index contributed by atoms with van der Waals surface area (Å²) in [5, 5.41) is 60.2. The molecule has 2 saturated heterocycles. The molecule has 10 N–H and O–H groups in total. The monoisotopic (exact) mass is 1000 g/mol. The van der Waals surface area contributed by atoms with Crippen LogP contribution in [0.5, 0.6) is 0 Å². The molecule has 23 heteroatoms. The van der Waals surface area contributed by atoms with Crippen LogP contribution in [-0.4, -0.2) is 195 Å². The van der Waals surface area contributed by atoms with Crippen LogP contribution in [0.1, 0.15) is 116 Å². The van der Waals surface area contributed by atoms with Gasteiger partial charge in [0, 0.05) is 32.0 Å². The van der Waals surface area contributed by atoms with E-state index in [4.69, 9.17) is 38.9 Å². The third kappa shape index (κ3) is 16.4. The summed E-state index contributed by atoms with van der Waals surface area (Å²) in [7, 11) is 1.33. The zero-order valence-electron chi connectivity index (χ0n) is 43.6. The standard InChI is InChI=1S/C47H83N7O16/c1-42(2,3)67-38(58)51-27-17-16-26(23-49-20-15-19-48)65-33(27)30-28(52-39(59)68-43(4,5)6)22-29(50-37(57)47(63)18-21-54(24-47)41(61)70-45(10,11)12)34(31(30)55)66-36-32(56)35(46(13,62)25-64-36)53(14)40(60)69-44(7,8)9/h16,27-36,49,55-56,62-63H,15,17-25,48H2,1-14H3,(H,50,57)(H,51,58)(H,52,59)/t27-,28+,29-,30-,31+,32-,33?,34+,35-,36-,46+,47?/m1/s1. The number of hydrogen-bond donors (Lipinski definition) is 9. The predicted octanol–water partition coefficient (Wildman–Crippen LogP) is 1.71. The van der Waals surface area contributed by atoms with Crippen molar-refractivity contribution in [2.75, 3.05) is 46.4 Å². The number of nitrogens with one attached hydrogen (secondary N) is 4. The third-order valence-electron chi connectivity index (χ3n) is 11.8. The van der Waals surface area contributed by atoms with E-state index < -0.39 is 138 Å². The van der Waals surface area contributed by atoms with Gasteiger partial charge in [0.1, 0.15) is 52.1 Å². The van der Waals surface area contributed by atoms with Crippen LogP contribution in [0.25, 0.3) is 0 Å². The molecule has 1 aliphatic carbocycles. The zero-order chi connectivity index (χ0) is 52.9. The van der Waals surface area contributed by atoms with Gasteiger partial charge in [-0.1, -0.05) is 0 Å². The fraction of sp³-hybridized carbons (Fsp3) is 0.851. The number of aliphatic hydroxyl groups excluding tert-OH is 2. The number of β-amino-alcohol motifs (C(OH)–C–C–N with tert-alkyl or cyclic N) is 1. The molecule has 23 nitrogen and oxygen atoms in total. The maximum Gasteiger partial charge on any atom is 0.410 e. The molecule has 0 aromatic heterocycles. The Morgan fingerprint density at radius 1 is 0.829 bits per heavy atom. The highest BCUT2D eigenvalue weighted by atomic mass is 16.7. The molecule has 0 aromatic rings. The van der Waals surface area contributed by atoms with Crippen molar-refractivity contribution in [3.05, 3.63) is 11.8 Å². The molecular formula is C47H83N7O16. The van der Waals surface area contributed by atoms with Gasteiger partial charge in [-0.3, -0.25) is 4.79 Å². The van der Waals surface area contributed by atoms with Crippen molar-refractivity contribution >= 4 is 30.3 Å². The summed E-state index contributed by atoms with van der Waals surface area (Å²) in [5.74, 6) is -1.74. The van der Waals surface area contributed by atoms with E-state index in [-0.39, 0.29) is 32.4 Å². The Kier molecular flexibility index (Phi) is 18.9. The molecule has 2 unspecified atom stereocenters. The van der Waals surface area contributed by atoms with E-state index in [1.54, 1.807) is 89.2 Å². The fourth-order valence-electron chi connectivity index (χ4n) is 8.89. The van der Waals surface area contributed by atoms with E-state index in [9.17, 15) is 44.4 Å². The number of nitrogens with two attached hydrogens (primary N) is 1.